The van der Waals surface area contributed by atoms with Crippen molar-refractivity contribution in [2.24, 2.45) is 10.8 Å². The molecule has 1 spiro atoms. The number of ether oxygens (including phenoxy) is 1. The van der Waals surface area contributed by atoms with E-state index in [4.69, 9.17) is 29.0 Å². The number of hydrogen-bond acceptors (Lipinski definition) is 8. The highest BCUT2D eigenvalue weighted by molar-refractivity contribution is 7.90. The van der Waals surface area contributed by atoms with E-state index in [1.165, 1.54) is 0 Å². The van der Waals surface area contributed by atoms with Crippen LogP contribution in [-0.2, 0) is 27.9 Å². The molecule has 2 aliphatic rings. The fraction of sp³-hybridized carbons (Fsp3) is 0.895. The molecule has 4 unspecified atom stereocenters. The minimum Gasteiger partial charge on any atom is -0.414 e. The maximum atomic E-state index is 12.5. The Kier molecular flexibility index (Phi) is 7.16. The van der Waals surface area contributed by atoms with Crippen LogP contribution in [0.15, 0.2) is 16.2 Å². The smallest absolute Gasteiger partial charge is 0.292 e. The molecule has 4 atom stereocenters. The van der Waals surface area contributed by atoms with Crippen LogP contribution in [0.4, 0.5) is 0 Å². The van der Waals surface area contributed by atoms with Crippen molar-refractivity contribution in [2.45, 2.75) is 102 Å². The lowest BCUT2D eigenvalue weighted by atomic mass is 9.90. The molecule has 2 rings (SSSR count). The third-order valence-corrected chi connectivity index (χ3v) is 17.2. The molecule has 0 bridgehead atoms. The second kappa shape index (κ2) is 8.38. The van der Waals surface area contributed by atoms with Gasteiger partial charge >= 0.3 is 0 Å². The Hall–Kier alpha value is -0.926. The molecule has 0 radical (unpaired) electrons. The summed E-state index contributed by atoms with van der Waals surface area (Å²) in [6.07, 6.45) is -3.10. The van der Waals surface area contributed by atoms with E-state index in [9.17, 15) is 8.42 Å². The minimum absolute atomic E-state index is 0.0232. The lowest BCUT2D eigenvalue weighted by Gasteiger charge is -2.43. The number of hydrogen-bond donors (Lipinski definition) is 1. The first-order valence-corrected chi connectivity index (χ1v) is 17.9. The lowest BCUT2D eigenvalue weighted by molar-refractivity contribution is -0.0393. The maximum Gasteiger partial charge on any atom is 0.292 e. The highest BCUT2D eigenvalue weighted by Gasteiger charge is 2.66. The molecule has 13 heteroatoms. The molecule has 2 aliphatic heterocycles. The molecule has 0 aromatic heterocycles. The summed E-state index contributed by atoms with van der Waals surface area (Å²) in [5.41, 5.74) is 13.7. The van der Waals surface area contributed by atoms with Gasteiger partial charge in [0.15, 0.2) is 28.5 Å². The summed E-state index contributed by atoms with van der Waals surface area (Å²) in [6.45, 7) is 20.6. The molecule has 2 heterocycles. The van der Waals surface area contributed by atoms with Crippen LogP contribution in [0.25, 0.3) is 10.4 Å². The normalized spacial score (nSPS) is 30.9. The summed E-state index contributed by atoms with van der Waals surface area (Å²) in [7, 11) is -8.78. The lowest BCUT2D eigenvalue weighted by Crippen LogP contribution is -2.59. The number of rotatable bonds is 6. The Balaban J connectivity index is 2.56. The van der Waals surface area contributed by atoms with Crippen LogP contribution in [-0.4, -0.2) is 55.7 Å². The van der Waals surface area contributed by atoms with Gasteiger partial charge in [0, 0.05) is 4.91 Å². The molecule has 184 valence electrons. The molecule has 0 amide bonds. The molecular formula is C19H38N4O6SSi2. The van der Waals surface area contributed by atoms with Crippen LogP contribution in [0.3, 0.4) is 0 Å². The molecule has 1 saturated heterocycles. The van der Waals surface area contributed by atoms with Gasteiger partial charge < -0.3 is 19.3 Å². The van der Waals surface area contributed by atoms with Gasteiger partial charge in [0.25, 0.3) is 10.1 Å². The molecule has 0 aromatic rings. The molecule has 10 nitrogen and oxygen atoms in total. The Morgan fingerprint density at radius 3 is 2.09 bits per heavy atom. The van der Waals surface area contributed by atoms with E-state index in [1.54, 1.807) is 0 Å². The monoisotopic (exact) mass is 506 g/mol. The van der Waals surface area contributed by atoms with Crippen molar-refractivity contribution in [3.63, 3.8) is 0 Å². The van der Waals surface area contributed by atoms with Gasteiger partial charge in [0.2, 0.25) is 0 Å². The molecule has 0 aliphatic carbocycles. The molecule has 2 N–H and O–H groups in total. The standard InChI is InChI=1S/C19H38N4O6SSi2/c1-17(2,3)31(7,8)26-11-14-19(13(20)12-30(24,25)29-19)15(16(27-14)22-23-21)28-32(9,10)18(4,5)6/h12,14-16H,11,20H2,1-10H3. The summed E-state index contributed by atoms with van der Waals surface area (Å²) >= 11 is 0. The number of azide groups is 1. The largest absolute Gasteiger partial charge is 0.414 e. The van der Waals surface area contributed by atoms with Crippen molar-refractivity contribution < 1.29 is 26.2 Å². The van der Waals surface area contributed by atoms with E-state index < -0.39 is 50.8 Å². The van der Waals surface area contributed by atoms with Crippen LogP contribution in [0, 0.1) is 0 Å². The van der Waals surface area contributed by atoms with Gasteiger partial charge in [-0.25, -0.2) is 4.18 Å². The predicted octanol–water partition coefficient (Wildman–Crippen LogP) is 4.33. The summed E-state index contributed by atoms with van der Waals surface area (Å²) < 4.78 is 49.5. The van der Waals surface area contributed by atoms with Crippen molar-refractivity contribution >= 4 is 26.8 Å². The van der Waals surface area contributed by atoms with Crippen molar-refractivity contribution in [1.29, 1.82) is 0 Å². The fourth-order valence-electron chi connectivity index (χ4n) is 3.14. The molecule has 0 aromatic carbocycles. The van der Waals surface area contributed by atoms with Gasteiger partial charge in [-0.3, -0.25) is 0 Å². The Labute approximate surface area is 193 Å². The summed E-state index contributed by atoms with van der Waals surface area (Å²) in [4.78, 5) is 2.90. The van der Waals surface area contributed by atoms with E-state index in [1.807, 2.05) is 33.9 Å². The Bertz CT molecular complexity index is 919. The van der Waals surface area contributed by atoms with Gasteiger partial charge in [0.05, 0.1) is 17.7 Å². The van der Waals surface area contributed by atoms with E-state index in [-0.39, 0.29) is 22.4 Å². The second-order valence-corrected chi connectivity index (χ2v) is 22.5. The number of nitrogens with zero attached hydrogens (tertiary/aromatic N) is 3. The van der Waals surface area contributed by atoms with Gasteiger partial charge in [0.1, 0.15) is 12.2 Å². The molecule has 1 fully saturated rings. The van der Waals surface area contributed by atoms with Crippen molar-refractivity contribution in [3.05, 3.63) is 21.5 Å². The minimum atomic E-state index is -4.08. The highest BCUT2D eigenvalue weighted by atomic mass is 32.2. The molecule has 32 heavy (non-hydrogen) atoms. The Morgan fingerprint density at radius 1 is 1.16 bits per heavy atom. The first kappa shape index (κ1) is 27.3. The van der Waals surface area contributed by atoms with Gasteiger partial charge in [-0.1, -0.05) is 46.7 Å². The zero-order valence-electron chi connectivity index (χ0n) is 20.8. The third-order valence-electron chi connectivity index (χ3n) is 7.24. The molecule has 0 saturated carbocycles. The van der Waals surface area contributed by atoms with Crippen molar-refractivity contribution in [1.82, 2.24) is 0 Å². The summed E-state index contributed by atoms with van der Waals surface area (Å²) in [6, 6.07) is 0. The van der Waals surface area contributed by atoms with E-state index in [0.29, 0.717) is 0 Å². The van der Waals surface area contributed by atoms with Crippen LogP contribution in [0.2, 0.25) is 36.3 Å². The predicted molar refractivity (Wildman–Crippen MR) is 128 cm³/mol. The second-order valence-electron chi connectivity index (χ2n) is 11.5. The quantitative estimate of drug-likeness (QED) is 0.185. The van der Waals surface area contributed by atoms with Crippen molar-refractivity contribution in [2.75, 3.05) is 6.61 Å². The average molecular weight is 507 g/mol. The van der Waals surface area contributed by atoms with E-state index in [0.717, 1.165) is 5.41 Å². The fourth-order valence-corrected chi connectivity index (χ4v) is 6.65. The van der Waals surface area contributed by atoms with Crippen LogP contribution < -0.4 is 5.73 Å². The van der Waals surface area contributed by atoms with Crippen LogP contribution >= 0.6 is 0 Å². The highest BCUT2D eigenvalue weighted by Crippen LogP contribution is 2.49. The number of nitrogens with two attached hydrogens (primary N) is 1. The SMILES string of the molecule is CC(C)(C)[Si](C)(C)OCC1OC(N=[N+]=[N-])C(O[Si](C)(C)C(C)(C)C)C12OS(=O)(=O)C=C2N. The van der Waals surface area contributed by atoms with Gasteiger partial charge in [-0.15, -0.1) is 0 Å². The first-order valence-electron chi connectivity index (χ1n) is 10.6. The average Bonchev–Trinajstić information content (AvgIpc) is 2.98. The zero-order chi connectivity index (χ0) is 25.0. The van der Waals surface area contributed by atoms with Gasteiger partial charge in [-0.2, -0.15) is 8.42 Å². The van der Waals surface area contributed by atoms with Crippen LogP contribution in [0.1, 0.15) is 41.5 Å². The zero-order valence-corrected chi connectivity index (χ0v) is 23.6. The summed E-state index contributed by atoms with van der Waals surface area (Å²) in [5, 5.41) is 4.37. The van der Waals surface area contributed by atoms with Gasteiger partial charge in [-0.05, 0) is 41.8 Å². The Morgan fingerprint density at radius 2 is 1.69 bits per heavy atom. The van der Waals surface area contributed by atoms with E-state index >= 15 is 0 Å². The topological polar surface area (TPSA) is 146 Å². The first-order chi connectivity index (χ1) is 14.2. The van der Waals surface area contributed by atoms with E-state index in [2.05, 4.69) is 43.9 Å². The summed E-state index contributed by atoms with van der Waals surface area (Å²) in [5.74, 6) is 0. The maximum absolute atomic E-state index is 12.5. The van der Waals surface area contributed by atoms with Crippen molar-refractivity contribution in [3.8, 4) is 0 Å². The molecular weight excluding hydrogens is 468 g/mol. The van der Waals surface area contributed by atoms with Crippen LogP contribution in [0.5, 0.6) is 0 Å². The third kappa shape index (κ3) is 4.94.